The first-order valence-electron chi connectivity index (χ1n) is 11.3. The molecule has 0 radical (unpaired) electrons. The van der Waals surface area contributed by atoms with E-state index in [-0.39, 0.29) is 23.9 Å². The molecule has 2 amide bonds. The second-order valence-electron chi connectivity index (χ2n) is 9.37. The Morgan fingerprint density at radius 2 is 2.00 bits per heavy atom. The number of amides is 2. The number of aromatic amines is 1. The predicted octanol–water partition coefficient (Wildman–Crippen LogP) is 3.17. The lowest BCUT2D eigenvalue weighted by Crippen LogP contribution is -2.56. The van der Waals surface area contributed by atoms with Crippen molar-refractivity contribution in [3.8, 4) is 0 Å². The Labute approximate surface area is 177 Å². The molecule has 1 aliphatic carbocycles. The Hall–Kier alpha value is -2.63. The van der Waals surface area contributed by atoms with Gasteiger partial charge in [-0.25, -0.2) is 0 Å². The van der Waals surface area contributed by atoms with Crippen molar-refractivity contribution in [3.05, 3.63) is 52.8 Å². The minimum absolute atomic E-state index is 0.00304. The van der Waals surface area contributed by atoms with Crippen LogP contribution in [0.15, 0.2) is 30.3 Å². The highest BCUT2D eigenvalue weighted by atomic mass is 16.2. The largest absolute Gasteiger partial charge is 0.349 e. The van der Waals surface area contributed by atoms with Gasteiger partial charge < -0.3 is 10.2 Å². The minimum Gasteiger partial charge on any atom is -0.349 e. The van der Waals surface area contributed by atoms with Crippen LogP contribution in [0, 0.1) is 0 Å². The molecule has 0 saturated carbocycles. The minimum atomic E-state index is -0.397. The summed E-state index contributed by atoms with van der Waals surface area (Å²) < 4.78 is 0. The standard InChI is InChI=1S/C24H30N4O2/c1-24-15-17(14-16-8-3-2-4-9-16)28(20(24)12-5-6-13-21(29)25-24)23(30)22-18-10-7-11-19(18)26-27-22/h2-4,8-9,17,20H,5-7,10-15H2,1H3,(H,25,29)(H,26,27)/t17-,20+,24+/m1/s1. The van der Waals surface area contributed by atoms with Crippen molar-refractivity contribution in [2.75, 3.05) is 0 Å². The van der Waals surface area contributed by atoms with Crippen LogP contribution < -0.4 is 5.32 Å². The molecule has 0 bridgehead atoms. The predicted molar refractivity (Wildman–Crippen MR) is 114 cm³/mol. The maximum Gasteiger partial charge on any atom is 0.275 e. The molecule has 1 aromatic heterocycles. The van der Waals surface area contributed by atoms with Gasteiger partial charge in [-0.2, -0.15) is 5.10 Å². The van der Waals surface area contributed by atoms with Gasteiger partial charge in [0.1, 0.15) is 0 Å². The Morgan fingerprint density at radius 1 is 1.17 bits per heavy atom. The van der Waals surface area contributed by atoms with Crippen LogP contribution in [0.4, 0.5) is 0 Å². The number of likely N-dealkylation sites (tertiary alicyclic amines) is 1. The fourth-order valence-electron chi connectivity index (χ4n) is 5.86. The van der Waals surface area contributed by atoms with Crippen molar-refractivity contribution >= 4 is 11.8 Å². The van der Waals surface area contributed by atoms with Crippen LogP contribution in [0.5, 0.6) is 0 Å². The summed E-state index contributed by atoms with van der Waals surface area (Å²) in [7, 11) is 0. The van der Waals surface area contributed by atoms with Gasteiger partial charge in [0.15, 0.2) is 5.69 Å². The first-order valence-corrected chi connectivity index (χ1v) is 11.3. The molecule has 1 aromatic carbocycles. The SMILES string of the molecule is C[C@]12C[C@@H](Cc3ccccc3)N(C(=O)c3n[nH]c4c3CCC4)[C@H]1CCCCC(=O)N2. The number of hydrogen-bond acceptors (Lipinski definition) is 3. The highest BCUT2D eigenvalue weighted by Crippen LogP contribution is 2.40. The number of hydrogen-bond donors (Lipinski definition) is 2. The molecule has 3 atom stereocenters. The van der Waals surface area contributed by atoms with E-state index in [1.54, 1.807) is 0 Å². The number of carbonyl (C=O) groups is 2. The maximum atomic E-state index is 13.9. The molecule has 30 heavy (non-hydrogen) atoms. The molecular weight excluding hydrogens is 376 g/mol. The number of carbonyl (C=O) groups excluding carboxylic acids is 2. The van der Waals surface area contributed by atoms with E-state index in [1.807, 2.05) is 18.2 Å². The van der Waals surface area contributed by atoms with Crippen LogP contribution in [0.1, 0.15) is 72.8 Å². The molecule has 6 heteroatoms. The van der Waals surface area contributed by atoms with E-state index in [0.717, 1.165) is 62.6 Å². The molecule has 2 aromatic rings. The Balaban J connectivity index is 1.52. The van der Waals surface area contributed by atoms with Crippen molar-refractivity contribution < 1.29 is 9.59 Å². The van der Waals surface area contributed by atoms with E-state index in [1.165, 1.54) is 5.56 Å². The smallest absolute Gasteiger partial charge is 0.275 e. The van der Waals surface area contributed by atoms with Crippen LogP contribution in [0.2, 0.25) is 0 Å². The quantitative estimate of drug-likeness (QED) is 0.822. The molecule has 0 spiro atoms. The summed E-state index contributed by atoms with van der Waals surface area (Å²) in [6, 6.07) is 10.4. The van der Waals surface area contributed by atoms with Gasteiger partial charge in [-0.1, -0.05) is 36.8 Å². The van der Waals surface area contributed by atoms with Crippen molar-refractivity contribution in [1.29, 1.82) is 0 Å². The number of rotatable bonds is 3. The lowest BCUT2D eigenvalue weighted by molar-refractivity contribution is -0.123. The van der Waals surface area contributed by atoms with Crippen molar-refractivity contribution in [2.45, 2.75) is 82.3 Å². The molecule has 0 unspecified atom stereocenters. The van der Waals surface area contributed by atoms with Gasteiger partial charge in [-0.15, -0.1) is 0 Å². The van der Waals surface area contributed by atoms with Gasteiger partial charge in [0.25, 0.3) is 5.91 Å². The molecule has 2 saturated heterocycles. The highest BCUT2D eigenvalue weighted by molar-refractivity contribution is 5.95. The molecule has 5 rings (SSSR count). The summed E-state index contributed by atoms with van der Waals surface area (Å²) in [4.78, 5) is 28.4. The van der Waals surface area contributed by atoms with Crippen molar-refractivity contribution in [1.82, 2.24) is 20.4 Å². The van der Waals surface area contributed by atoms with E-state index in [0.29, 0.717) is 12.1 Å². The normalized spacial score (nSPS) is 28.4. The van der Waals surface area contributed by atoms with E-state index >= 15 is 0 Å². The first kappa shape index (κ1) is 19.3. The molecule has 3 aliphatic rings. The summed E-state index contributed by atoms with van der Waals surface area (Å²) in [6.45, 7) is 2.13. The third-order valence-corrected chi connectivity index (χ3v) is 7.24. The van der Waals surface area contributed by atoms with Crippen LogP contribution in [0.25, 0.3) is 0 Å². The van der Waals surface area contributed by atoms with Crippen molar-refractivity contribution in [3.63, 3.8) is 0 Å². The first-order chi connectivity index (χ1) is 14.5. The zero-order valence-corrected chi connectivity index (χ0v) is 17.6. The average Bonchev–Trinajstić information content (AvgIpc) is 3.38. The molecule has 2 fully saturated rings. The molecule has 2 N–H and O–H groups in total. The second-order valence-corrected chi connectivity index (χ2v) is 9.37. The van der Waals surface area contributed by atoms with Crippen molar-refractivity contribution in [2.24, 2.45) is 0 Å². The lowest BCUT2D eigenvalue weighted by atomic mass is 9.85. The fraction of sp³-hybridized carbons (Fsp3) is 0.542. The maximum absolute atomic E-state index is 13.9. The monoisotopic (exact) mass is 406 g/mol. The number of aryl methyl sites for hydroxylation is 1. The van der Waals surface area contributed by atoms with Gasteiger partial charge >= 0.3 is 0 Å². The summed E-state index contributed by atoms with van der Waals surface area (Å²) in [6.07, 6.45) is 7.87. The number of fused-ring (bicyclic) bond motifs is 2. The van der Waals surface area contributed by atoms with Gasteiger partial charge in [0, 0.05) is 23.7 Å². The number of nitrogens with one attached hydrogen (secondary N) is 2. The summed E-state index contributed by atoms with van der Waals surface area (Å²) in [5.74, 6) is 0.134. The third-order valence-electron chi connectivity index (χ3n) is 7.24. The number of H-pyrrole nitrogens is 1. The topological polar surface area (TPSA) is 78.1 Å². The van der Waals surface area contributed by atoms with Gasteiger partial charge in [0.05, 0.1) is 11.6 Å². The van der Waals surface area contributed by atoms with Gasteiger partial charge in [0.2, 0.25) is 5.91 Å². The molecule has 2 aliphatic heterocycles. The summed E-state index contributed by atoms with van der Waals surface area (Å²) in [5, 5.41) is 10.8. The van der Waals surface area contributed by atoms with Gasteiger partial charge in [-0.05, 0) is 57.4 Å². The van der Waals surface area contributed by atoms with Gasteiger partial charge in [-0.3, -0.25) is 14.7 Å². The number of nitrogens with zero attached hydrogens (tertiary/aromatic N) is 2. The van der Waals surface area contributed by atoms with Crippen LogP contribution in [-0.4, -0.2) is 44.5 Å². The third kappa shape index (κ3) is 3.32. The molecular formula is C24H30N4O2. The zero-order valence-electron chi connectivity index (χ0n) is 17.6. The number of aromatic nitrogens is 2. The van der Waals surface area contributed by atoms with Crippen LogP contribution in [0.3, 0.4) is 0 Å². The van der Waals surface area contributed by atoms with E-state index < -0.39 is 5.54 Å². The van der Waals surface area contributed by atoms with E-state index in [4.69, 9.17) is 0 Å². The average molecular weight is 407 g/mol. The Morgan fingerprint density at radius 3 is 2.83 bits per heavy atom. The molecule has 3 heterocycles. The van der Waals surface area contributed by atoms with E-state index in [2.05, 4.69) is 39.5 Å². The molecule has 158 valence electrons. The zero-order chi connectivity index (χ0) is 20.7. The summed E-state index contributed by atoms with van der Waals surface area (Å²) in [5.41, 5.74) is 3.63. The molecule has 6 nitrogen and oxygen atoms in total. The lowest BCUT2D eigenvalue weighted by Gasteiger charge is -2.38. The Kier molecular flexibility index (Phi) is 4.88. The Bertz CT molecular complexity index is 953. The number of benzene rings is 1. The fourth-order valence-corrected chi connectivity index (χ4v) is 5.86. The van der Waals surface area contributed by atoms with Crippen LogP contribution >= 0.6 is 0 Å². The second kappa shape index (κ2) is 7.56. The summed E-state index contributed by atoms with van der Waals surface area (Å²) >= 11 is 0. The highest BCUT2D eigenvalue weighted by Gasteiger charge is 2.52. The van der Waals surface area contributed by atoms with Crippen LogP contribution in [-0.2, 0) is 24.1 Å². The van der Waals surface area contributed by atoms with E-state index in [9.17, 15) is 9.59 Å².